The van der Waals surface area contributed by atoms with Gasteiger partial charge >= 0.3 is 0 Å². The molecule has 6 heteroatoms. The monoisotopic (exact) mass is 353 g/mol. The third-order valence-electron chi connectivity index (χ3n) is 3.04. The quantitative estimate of drug-likeness (QED) is 0.858. The minimum absolute atomic E-state index is 0.0154. The van der Waals surface area contributed by atoms with Crippen LogP contribution < -0.4 is 14.8 Å². The molecule has 0 saturated heterocycles. The number of amides is 1. The number of thiophene rings is 1. The van der Waals surface area contributed by atoms with Crippen LogP contribution in [0.4, 0.5) is 5.69 Å². The number of alkyl halides is 1. The number of ether oxygens (including phenoxy) is 2. The first kappa shape index (κ1) is 13.5. The number of nitrogens with one attached hydrogen (secondary N) is 1. The lowest BCUT2D eigenvalue weighted by atomic mass is 10.1. The number of fused-ring (bicyclic) bond motifs is 1. The molecule has 0 spiro atoms. The van der Waals surface area contributed by atoms with E-state index in [0.29, 0.717) is 11.4 Å². The molecule has 104 valence electrons. The average Bonchev–Trinajstić information content (AvgIpc) is 2.94. The second-order valence-electron chi connectivity index (χ2n) is 4.31. The Labute approximate surface area is 128 Å². The zero-order valence-electron chi connectivity index (χ0n) is 10.7. The van der Waals surface area contributed by atoms with Gasteiger partial charge in [-0.25, -0.2) is 0 Å². The first-order valence-electron chi connectivity index (χ1n) is 6.01. The highest BCUT2D eigenvalue weighted by molar-refractivity contribution is 9.09. The molecule has 0 bridgehead atoms. The summed E-state index contributed by atoms with van der Waals surface area (Å²) in [6, 6.07) is 7.72. The Kier molecular flexibility index (Phi) is 3.67. The van der Waals surface area contributed by atoms with Crippen LogP contribution >= 0.6 is 27.3 Å². The van der Waals surface area contributed by atoms with Crippen molar-refractivity contribution in [2.75, 3.05) is 19.0 Å². The minimum Gasteiger partial charge on any atom is -0.496 e. The van der Waals surface area contributed by atoms with Crippen LogP contribution in [0.1, 0.15) is 15.3 Å². The van der Waals surface area contributed by atoms with Crippen molar-refractivity contribution < 1.29 is 14.3 Å². The van der Waals surface area contributed by atoms with E-state index in [1.165, 1.54) is 0 Å². The van der Waals surface area contributed by atoms with Crippen molar-refractivity contribution in [1.29, 1.82) is 0 Å². The van der Waals surface area contributed by atoms with E-state index in [2.05, 4.69) is 21.2 Å². The molecule has 1 unspecified atom stereocenters. The summed E-state index contributed by atoms with van der Waals surface area (Å²) in [6.45, 7) is 0.0723. The number of rotatable bonds is 3. The molecule has 1 aromatic heterocycles. The topological polar surface area (TPSA) is 47.6 Å². The average molecular weight is 354 g/mol. The Morgan fingerprint density at radius 2 is 2.30 bits per heavy atom. The summed E-state index contributed by atoms with van der Waals surface area (Å²) in [5, 5.41) is 4.81. The van der Waals surface area contributed by atoms with E-state index in [0.717, 1.165) is 16.2 Å². The van der Waals surface area contributed by atoms with Crippen LogP contribution in [-0.4, -0.2) is 19.6 Å². The molecule has 1 aliphatic rings. The molecule has 3 rings (SSSR count). The van der Waals surface area contributed by atoms with Crippen molar-refractivity contribution in [3.63, 3.8) is 0 Å². The molecule has 2 aromatic rings. The molecule has 20 heavy (non-hydrogen) atoms. The molecular formula is C14H12BrNO3S. The molecule has 0 aliphatic carbocycles. The van der Waals surface area contributed by atoms with Crippen molar-refractivity contribution in [2.45, 2.75) is 4.83 Å². The van der Waals surface area contributed by atoms with Gasteiger partial charge < -0.3 is 14.8 Å². The Morgan fingerprint density at radius 3 is 3.10 bits per heavy atom. The van der Waals surface area contributed by atoms with Gasteiger partial charge in [-0.05, 0) is 29.1 Å². The highest BCUT2D eigenvalue weighted by Gasteiger charge is 2.21. The minimum atomic E-state index is -0.130. The third-order valence-corrected chi connectivity index (χ3v) is 5.29. The number of benzene rings is 1. The van der Waals surface area contributed by atoms with Crippen LogP contribution in [-0.2, 0) is 4.79 Å². The summed E-state index contributed by atoms with van der Waals surface area (Å²) in [5.74, 6) is 1.43. The fraction of sp³-hybridized carbons (Fsp3) is 0.214. The van der Waals surface area contributed by atoms with Crippen LogP contribution in [0.5, 0.6) is 11.5 Å². The predicted molar refractivity (Wildman–Crippen MR) is 82.2 cm³/mol. The zero-order valence-corrected chi connectivity index (χ0v) is 13.1. The van der Waals surface area contributed by atoms with Gasteiger partial charge in [-0.15, -0.1) is 11.3 Å². The summed E-state index contributed by atoms with van der Waals surface area (Å²) in [5.41, 5.74) is 1.74. The Bertz CT molecular complexity index is 656. The van der Waals surface area contributed by atoms with Gasteiger partial charge in [0.05, 0.1) is 22.5 Å². The number of hydrogen-bond acceptors (Lipinski definition) is 4. The van der Waals surface area contributed by atoms with Crippen molar-refractivity contribution in [3.8, 4) is 11.5 Å². The Hall–Kier alpha value is -1.53. The van der Waals surface area contributed by atoms with Gasteiger partial charge in [0.15, 0.2) is 6.61 Å². The number of anilines is 1. The largest absolute Gasteiger partial charge is 0.496 e. The molecule has 1 aromatic carbocycles. The summed E-state index contributed by atoms with van der Waals surface area (Å²) in [7, 11) is 1.66. The molecule has 1 aliphatic heterocycles. The lowest BCUT2D eigenvalue weighted by Crippen LogP contribution is -2.25. The van der Waals surface area contributed by atoms with Gasteiger partial charge in [0, 0.05) is 0 Å². The van der Waals surface area contributed by atoms with Crippen LogP contribution in [0.25, 0.3) is 0 Å². The first-order chi connectivity index (χ1) is 9.69. The summed E-state index contributed by atoms with van der Waals surface area (Å²) < 4.78 is 10.7. The van der Waals surface area contributed by atoms with E-state index in [9.17, 15) is 4.79 Å². The number of halogens is 1. The molecule has 1 amide bonds. The molecule has 0 saturated carbocycles. The summed E-state index contributed by atoms with van der Waals surface area (Å²) in [6.07, 6.45) is 0. The number of hydrogen-bond donors (Lipinski definition) is 1. The van der Waals surface area contributed by atoms with Crippen LogP contribution in [0, 0.1) is 0 Å². The number of carbonyl (C=O) groups is 1. The highest BCUT2D eigenvalue weighted by atomic mass is 79.9. The zero-order chi connectivity index (χ0) is 14.1. The van der Waals surface area contributed by atoms with Crippen molar-refractivity contribution >= 4 is 38.9 Å². The van der Waals surface area contributed by atoms with E-state index < -0.39 is 0 Å². The highest BCUT2D eigenvalue weighted by Crippen LogP contribution is 2.42. The van der Waals surface area contributed by atoms with Crippen LogP contribution in [0.3, 0.4) is 0 Å². The van der Waals surface area contributed by atoms with Gasteiger partial charge in [0.25, 0.3) is 5.91 Å². The maximum atomic E-state index is 11.4. The van der Waals surface area contributed by atoms with E-state index >= 15 is 0 Å². The van der Waals surface area contributed by atoms with Crippen LogP contribution in [0.15, 0.2) is 29.6 Å². The van der Waals surface area contributed by atoms with Gasteiger partial charge in [-0.3, -0.25) is 4.79 Å². The standard InChI is InChI=1S/C14H12BrNO3S/c1-18-11-4-5-20-14(11)13(15)8-2-3-10-9(6-8)16-12(17)7-19-10/h2-6,13H,7H2,1H3,(H,16,17). The van der Waals surface area contributed by atoms with E-state index in [-0.39, 0.29) is 17.3 Å². The van der Waals surface area contributed by atoms with Gasteiger partial charge in [-0.2, -0.15) is 0 Å². The Balaban J connectivity index is 1.94. The second kappa shape index (κ2) is 5.46. The SMILES string of the molecule is COc1ccsc1C(Br)c1ccc2c(c1)NC(=O)CO2. The van der Waals surface area contributed by atoms with Gasteiger partial charge in [-0.1, -0.05) is 22.0 Å². The van der Waals surface area contributed by atoms with Gasteiger partial charge in [0.2, 0.25) is 0 Å². The van der Waals surface area contributed by atoms with E-state index in [1.807, 2.05) is 29.6 Å². The molecule has 0 fully saturated rings. The van der Waals surface area contributed by atoms with Crippen molar-refractivity contribution in [1.82, 2.24) is 0 Å². The molecule has 0 radical (unpaired) electrons. The van der Waals surface area contributed by atoms with E-state index in [4.69, 9.17) is 9.47 Å². The maximum absolute atomic E-state index is 11.4. The summed E-state index contributed by atoms with van der Waals surface area (Å²) >= 11 is 5.31. The molecular weight excluding hydrogens is 342 g/mol. The fourth-order valence-electron chi connectivity index (χ4n) is 2.07. The normalized spacial score (nSPS) is 15.0. The van der Waals surface area contributed by atoms with Gasteiger partial charge in [0.1, 0.15) is 11.5 Å². The smallest absolute Gasteiger partial charge is 0.262 e. The lowest BCUT2D eigenvalue weighted by molar-refractivity contribution is -0.118. The molecule has 1 N–H and O–H groups in total. The number of methoxy groups -OCH3 is 1. The molecule has 4 nitrogen and oxygen atoms in total. The maximum Gasteiger partial charge on any atom is 0.262 e. The third kappa shape index (κ3) is 2.41. The Morgan fingerprint density at radius 1 is 1.45 bits per heavy atom. The molecule has 2 heterocycles. The number of carbonyl (C=O) groups excluding carboxylic acids is 1. The summed E-state index contributed by atoms with van der Waals surface area (Å²) in [4.78, 5) is 12.5. The van der Waals surface area contributed by atoms with Crippen molar-refractivity contribution in [2.24, 2.45) is 0 Å². The second-order valence-corrected chi connectivity index (χ2v) is 6.17. The van der Waals surface area contributed by atoms with Crippen molar-refractivity contribution in [3.05, 3.63) is 40.1 Å². The van der Waals surface area contributed by atoms with Crippen LogP contribution in [0.2, 0.25) is 0 Å². The van der Waals surface area contributed by atoms with E-state index in [1.54, 1.807) is 18.4 Å². The molecule has 1 atom stereocenters. The predicted octanol–water partition coefficient (Wildman–Crippen LogP) is 3.57. The first-order valence-corrected chi connectivity index (χ1v) is 7.80. The fourth-order valence-corrected chi connectivity index (χ4v) is 3.77. The lowest BCUT2D eigenvalue weighted by Gasteiger charge is -2.20.